The number of hydrogen-bond donors (Lipinski definition) is 1. The van der Waals surface area contributed by atoms with Crippen LogP contribution in [0.4, 0.5) is 4.39 Å². The third-order valence-corrected chi connectivity index (χ3v) is 4.03. The predicted octanol–water partition coefficient (Wildman–Crippen LogP) is 3.21. The number of halogens is 3. The van der Waals surface area contributed by atoms with E-state index in [1.165, 1.54) is 23.5 Å². The number of likely N-dealkylation sites (N-methyl/N-ethyl adjacent to an activating group) is 1. The smallest absolute Gasteiger partial charge is 0.273 e. The number of nitrogens with zero attached hydrogens (tertiary/aromatic N) is 2. The van der Waals surface area contributed by atoms with Gasteiger partial charge in [0, 0.05) is 30.6 Å². The molecule has 1 aromatic heterocycles. The second-order valence-electron chi connectivity index (χ2n) is 4.55. The normalized spacial score (nSPS) is 11.1. The van der Waals surface area contributed by atoms with Gasteiger partial charge in [-0.3, -0.25) is 4.79 Å². The summed E-state index contributed by atoms with van der Waals surface area (Å²) in [4.78, 5) is 18.1. The van der Waals surface area contributed by atoms with E-state index in [9.17, 15) is 9.18 Å². The number of thiazole rings is 1. The summed E-state index contributed by atoms with van der Waals surface area (Å²) < 4.78 is 12.9. The number of rotatable bonds is 4. The van der Waals surface area contributed by atoms with Crippen molar-refractivity contribution >= 4 is 42.1 Å². The first-order valence-electron chi connectivity index (χ1n) is 6.21. The lowest BCUT2D eigenvalue weighted by molar-refractivity contribution is 0.0743. The standard InChI is InChI=1S/C14H16FN3OS.2ClH/c1-9(7-16)18(2)14(19)12-8-20-13(17-12)10-3-5-11(15)6-4-10;;/h3-6,8-9H,7,16H2,1-2H3;2*1H. The van der Waals surface area contributed by atoms with Crippen LogP contribution in [0.5, 0.6) is 0 Å². The summed E-state index contributed by atoms with van der Waals surface area (Å²) in [5.74, 6) is -0.453. The van der Waals surface area contributed by atoms with Gasteiger partial charge in [-0.05, 0) is 31.2 Å². The van der Waals surface area contributed by atoms with Crippen LogP contribution >= 0.6 is 36.2 Å². The zero-order valence-corrected chi connectivity index (χ0v) is 14.6. The lowest BCUT2D eigenvalue weighted by Crippen LogP contribution is -2.39. The third-order valence-electron chi connectivity index (χ3n) is 3.14. The Balaban J connectivity index is 0.00000220. The molecule has 122 valence electrons. The highest BCUT2D eigenvalue weighted by molar-refractivity contribution is 7.13. The van der Waals surface area contributed by atoms with E-state index in [-0.39, 0.29) is 42.6 Å². The Kier molecular flexibility index (Phi) is 8.55. The second-order valence-corrected chi connectivity index (χ2v) is 5.40. The highest BCUT2D eigenvalue weighted by atomic mass is 35.5. The van der Waals surface area contributed by atoms with Gasteiger partial charge >= 0.3 is 0 Å². The zero-order chi connectivity index (χ0) is 14.7. The van der Waals surface area contributed by atoms with Gasteiger partial charge in [0.1, 0.15) is 16.5 Å². The second kappa shape index (κ2) is 9.05. The molecule has 1 unspecified atom stereocenters. The number of carbonyl (C=O) groups is 1. The van der Waals surface area contributed by atoms with E-state index in [4.69, 9.17) is 5.73 Å². The van der Waals surface area contributed by atoms with Gasteiger partial charge in [-0.15, -0.1) is 36.2 Å². The lowest BCUT2D eigenvalue weighted by Gasteiger charge is -2.22. The van der Waals surface area contributed by atoms with Crippen molar-refractivity contribution in [3.63, 3.8) is 0 Å². The van der Waals surface area contributed by atoms with Crippen LogP contribution in [0.25, 0.3) is 10.6 Å². The maximum Gasteiger partial charge on any atom is 0.273 e. The van der Waals surface area contributed by atoms with Gasteiger partial charge in [0.2, 0.25) is 0 Å². The predicted molar refractivity (Wildman–Crippen MR) is 92.6 cm³/mol. The molecule has 0 aliphatic carbocycles. The maximum absolute atomic E-state index is 12.9. The summed E-state index contributed by atoms with van der Waals surface area (Å²) in [7, 11) is 1.71. The van der Waals surface area contributed by atoms with Crippen LogP contribution < -0.4 is 5.73 Å². The number of nitrogens with two attached hydrogens (primary N) is 1. The highest BCUT2D eigenvalue weighted by Gasteiger charge is 2.19. The van der Waals surface area contributed by atoms with E-state index in [1.807, 2.05) is 6.92 Å². The van der Waals surface area contributed by atoms with Crippen molar-refractivity contribution in [3.05, 3.63) is 41.2 Å². The zero-order valence-electron chi connectivity index (χ0n) is 12.2. The number of hydrogen-bond acceptors (Lipinski definition) is 4. The molecule has 22 heavy (non-hydrogen) atoms. The summed E-state index contributed by atoms with van der Waals surface area (Å²) >= 11 is 1.36. The maximum atomic E-state index is 12.9. The van der Waals surface area contributed by atoms with Crippen molar-refractivity contribution in [1.29, 1.82) is 0 Å². The molecule has 0 saturated carbocycles. The molecule has 0 bridgehead atoms. The lowest BCUT2D eigenvalue weighted by atomic mass is 10.2. The van der Waals surface area contributed by atoms with E-state index >= 15 is 0 Å². The molecular weight excluding hydrogens is 348 g/mol. The average Bonchev–Trinajstić information content (AvgIpc) is 2.95. The van der Waals surface area contributed by atoms with Gasteiger partial charge in [-0.1, -0.05) is 0 Å². The molecule has 1 aromatic carbocycles. The van der Waals surface area contributed by atoms with Crippen molar-refractivity contribution in [2.45, 2.75) is 13.0 Å². The molecule has 1 amide bonds. The molecule has 2 aromatic rings. The molecule has 1 heterocycles. The Hall–Kier alpha value is -1.21. The van der Waals surface area contributed by atoms with Crippen LogP contribution in [0.3, 0.4) is 0 Å². The molecule has 4 nitrogen and oxygen atoms in total. The van der Waals surface area contributed by atoms with Crippen molar-refractivity contribution in [2.75, 3.05) is 13.6 Å². The molecule has 2 rings (SSSR count). The Labute approximate surface area is 145 Å². The van der Waals surface area contributed by atoms with Crippen LogP contribution in [-0.4, -0.2) is 35.4 Å². The monoisotopic (exact) mass is 365 g/mol. The molecule has 0 fully saturated rings. The van der Waals surface area contributed by atoms with Gasteiger partial charge in [-0.25, -0.2) is 9.37 Å². The summed E-state index contributed by atoms with van der Waals surface area (Å²) in [6.45, 7) is 2.28. The van der Waals surface area contributed by atoms with Crippen LogP contribution in [0.2, 0.25) is 0 Å². The molecule has 0 aliphatic heterocycles. The Morgan fingerprint density at radius 2 is 1.95 bits per heavy atom. The van der Waals surface area contributed by atoms with Gasteiger partial charge in [0.15, 0.2) is 0 Å². The fraction of sp³-hybridized carbons (Fsp3) is 0.286. The topological polar surface area (TPSA) is 59.2 Å². The largest absolute Gasteiger partial charge is 0.336 e. The average molecular weight is 366 g/mol. The van der Waals surface area contributed by atoms with Gasteiger partial charge in [0.25, 0.3) is 5.91 Å². The first-order valence-corrected chi connectivity index (χ1v) is 7.09. The van der Waals surface area contributed by atoms with Crippen molar-refractivity contribution in [3.8, 4) is 10.6 Å². The molecule has 2 N–H and O–H groups in total. The van der Waals surface area contributed by atoms with E-state index in [0.29, 0.717) is 17.2 Å². The fourth-order valence-corrected chi connectivity index (χ4v) is 2.44. The van der Waals surface area contributed by atoms with Crippen molar-refractivity contribution < 1.29 is 9.18 Å². The Bertz CT molecular complexity index is 606. The van der Waals surface area contributed by atoms with E-state index in [0.717, 1.165) is 5.56 Å². The molecule has 0 saturated heterocycles. The van der Waals surface area contributed by atoms with Crippen LogP contribution in [-0.2, 0) is 0 Å². The van der Waals surface area contributed by atoms with Gasteiger partial charge < -0.3 is 10.6 Å². The minimum atomic E-state index is -0.293. The van der Waals surface area contributed by atoms with Crippen LogP contribution in [0, 0.1) is 5.82 Å². The molecule has 0 aliphatic rings. The summed E-state index contributed by atoms with van der Waals surface area (Å²) in [5.41, 5.74) is 6.73. The van der Waals surface area contributed by atoms with E-state index in [2.05, 4.69) is 4.98 Å². The molecule has 1 atom stereocenters. The third kappa shape index (κ3) is 4.64. The number of benzene rings is 1. The molecule has 0 spiro atoms. The number of aromatic nitrogens is 1. The minimum absolute atomic E-state index is 0. The first kappa shape index (κ1) is 20.8. The minimum Gasteiger partial charge on any atom is -0.336 e. The summed E-state index contributed by atoms with van der Waals surface area (Å²) in [6, 6.07) is 6.00. The Morgan fingerprint density at radius 1 is 1.36 bits per heavy atom. The SMILES string of the molecule is CC(CN)N(C)C(=O)c1csc(-c2ccc(F)cc2)n1.Cl.Cl. The van der Waals surface area contributed by atoms with E-state index in [1.54, 1.807) is 29.5 Å². The van der Waals surface area contributed by atoms with Crippen molar-refractivity contribution in [2.24, 2.45) is 5.73 Å². The molecule has 8 heteroatoms. The van der Waals surface area contributed by atoms with Crippen LogP contribution in [0.1, 0.15) is 17.4 Å². The number of amides is 1. The fourth-order valence-electron chi connectivity index (χ4n) is 1.64. The Morgan fingerprint density at radius 3 is 2.50 bits per heavy atom. The first-order chi connectivity index (χ1) is 9.52. The van der Waals surface area contributed by atoms with Crippen molar-refractivity contribution in [1.82, 2.24) is 9.88 Å². The van der Waals surface area contributed by atoms with Gasteiger partial charge in [-0.2, -0.15) is 0 Å². The number of carbonyl (C=O) groups excluding carboxylic acids is 1. The van der Waals surface area contributed by atoms with Crippen LogP contribution in [0.15, 0.2) is 29.6 Å². The quantitative estimate of drug-likeness (QED) is 0.904. The molecular formula is C14H18Cl2FN3OS. The summed E-state index contributed by atoms with van der Waals surface area (Å²) in [6.07, 6.45) is 0. The van der Waals surface area contributed by atoms with Gasteiger partial charge in [0.05, 0.1) is 0 Å². The molecule has 0 radical (unpaired) electrons. The highest BCUT2D eigenvalue weighted by Crippen LogP contribution is 2.24. The summed E-state index contributed by atoms with van der Waals surface area (Å²) in [5, 5.41) is 2.41. The van der Waals surface area contributed by atoms with E-state index < -0.39 is 0 Å².